The van der Waals surface area contributed by atoms with Crippen molar-refractivity contribution in [2.24, 2.45) is 0 Å². The monoisotopic (exact) mass is 362 g/mol. The molecule has 4 rings (SSSR count). The van der Waals surface area contributed by atoms with Crippen LogP contribution < -0.4 is 5.56 Å². The van der Waals surface area contributed by atoms with Gasteiger partial charge in [0.15, 0.2) is 0 Å². The third-order valence-corrected chi connectivity index (χ3v) is 4.97. The predicted octanol–water partition coefficient (Wildman–Crippen LogP) is 1.94. The van der Waals surface area contributed by atoms with Gasteiger partial charge in [0, 0.05) is 13.1 Å². The smallest absolute Gasteiger partial charge is 0.258 e. The summed E-state index contributed by atoms with van der Waals surface area (Å²) >= 11 is 0. The number of nitrogens with one attached hydrogen (secondary N) is 1. The average molecular weight is 362 g/mol. The first-order valence-corrected chi connectivity index (χ1v) is 9.11. The van der Waals surface area contributed by atoms with E-state index in [0.717, 1.165) is 13.0 Å². The van der Waals surface area contributed by atoms with Crippen molar-refractivity contribution in [2.75, 3.05) is 20.1 Å². The summed E-state index contributed by atoms with van der Waals surface area (Å²) < 4.78 is 0. The molecule has 0 spiro atoms. The molecular weight excluding hydrogens is 340 g/mol. The summed E-state index contributed by atoms with van der Waals surface area (Å²) in [7, 11) is 1.87. The molecule has 27 heavy (non-hydrogen) atoms. The highest BCUT2D eigenvalue weighted by Crippen LogP contribution is 2.18. The summed E-state index contributed by atoms with van der Waals surface area (Å²) in [5.74, 6) is 0.660. The lowest BCUT2D eigenvalue weighted by Crippen LogP contribution is -2.41. The number of amides is 1. The van der Waals surface area contributed by atoms with Gasteiger partial charge in [-0.1, -0.05) is 36.4 Å². The third kappa shape index (κ3) is 3.75. The molecule has 0 radical (unpaired) electrons. The first-order chi connectivity index (χ1) is 13.1. The zero-order chi connectivity index (χ0) is 18.8. The summed E-state index contributed by atoms with van der Waals surface area (Å²) in [6, 6.07) is 15.5. The van der Waals surface area contributed by atoms with E-state index in [0.29, 0.717) is 36.4 Å². The molecule has 2 heterocycles. The Morgan fingerprint density at radius 2 is 1.89 bits per heavy atom. The van der Waals surface area contributed by atoms with Crippen molar-refractivity contribution in [1.29, 1.82) is 0 Å². The van der Waals surface area contributed by atoms with E-state index in [1.165, 1.54) is 11.1 Å². The quantitative estimate of drug-likeness (QED) is 0.770. The van der Waals surface area contributed by atoms with Crippen LogP contribution in [0, 0.1) is 0 Å². The second-order valence-corrected chi connectivity index (χ2v) is 7.04. The molecule has 1 N–H and O–H groups in total. The molecule has 6 heteroatoms. The number of carbonyl (C=O) groups excluding carboxylic acids is 1. The van der Waals surface area contributed by atoms with Gasteiger partial charge in [0.25, 0.3) is 5.56 Å². The Bertz CT molecular complexity index is 1040. The molecular formula is C21H22N4O2. The molecule has 0 saturated carbocycles. The minimum atomic E-state index is -0.150. The molecule has 0 bridgehead atoms. The summed E-state index contributed by atoms with van der Waals surface area (Å²) in [4.78, 5) is 36.0. The highest BCUT2D eigenvalue weighted by molar-refractivity contribution is 5.79. The third-order valence-electron chi connectivity index (χ3n) is 4.97. The lowest BCUT2D eigenvalue weighted by molar-refractivity contribution is -0.133. The first-order valence-electron chi connectivity index (χ1n) is 9.11. The van der Waals surface area contributed by atoms with E-state index in [4.69, 9.17) is 0 Å². The van der Waals surface area contributed by atoms with Crippen molar-refractivity contribution in [3.63, 3.8) is 0 Å². The zero-order valence-corrected chi connectivity index (χ0v) is 15.3. The van der Waals surface area contributed by atoms with E-state index in [2.05, 4.69) is 22.1 Å². The number of aromatic nitrogens is 2. The Kier molecular flexibility index (Phi) is 4.73. The van der Waals surface area contributed by atoms with Crippen LogP contribution in [0.5, 0.6) is 0 Å². The van der Waals surface area contributed by atoms with Gasteiger partial charge in [0.05, 0.1) is 24.0 Å². The van der Waals surface area contributed by atoms with Gasteiger partial charge in [0.2, 0.25) is 5.91 Å². The molecule has 0 aliphatic carbocycles. The maximum atomic E-state index is 12.7. The van der Waals surface area contributed by atoms with Crippen molar-refractivity contribution < 1.29 is 4.79 Å². The summed E-state index contributed by atoms with van der Waals surface area (Å²) in [5, 5.41) is 0.576. The number of H-pyrrole nitrogens is 1. The van der Waals surface area contributed by atoms with Crippen molar-refractivity contribution in [1.82, 2.24) is 19.8 Å². The molecule has 0 atom stereocenters. The van der Waals surface area contributed by atoms with Crippen molar-refractivity contribution >= 4 is 16.8 Å². The Morgan fingerprint density at radius 3 is 2.74 bits per heavy atom. The van der Waals surface area contributed by atoms with Gasteiger partial charge in [0.1, 0.15) is 5.82 Å². The molecule has 1 amide bonds. The molecule has 0 unspecified atom stereocenters. The maximum Gasteiger partial charge on any atom is 0.258 e. The number of para-hydroxylation sites is 1. The molecule has 1 aromatic heterocycles. The number of hydrogen-bond acceptors (Lipinski definition) is 4. The van der Waals surface area contributed by atoms with Gasteiger partial charge >= 0.3 is 0 Å². The Morgan fingerprint density at radius 1 is 1.15 bits per heavy atom. The Balaban J connectivity index is 1.42. The van der Waals surface area contributed by atoms with Gasteiger partial charge in [-0.15, -0.1) is 0 Å². The molecule has 6 nitrogen and oxygen atoms in total. The van der Waals surface area contributed by atoms with E-state index >= 15 is 0 Å². The van der Waals surface area contributed by atoms with E-state index in [1.807, 2.05) is 47.2 Å². The van der Waals surface area contributed by atoms with Crippen LogP contribution >= 0.6 is 0 Å². The largest absolute Gasteiger partial charge is 0.337 e. The minimum Gasteiger partial charge on any atom is -0.337 e. The number of aromatic amines is 1. The van der Waals surface area contributed by atoms with Crippen LogP contribution in [0.3, 0.4) is 0 Å². The van der Waals surface area contributed by atoms with Gasteiger partial charge < -0.3 is 9.88 Å². The summed E-state index contributed by atoms with van der Waals surface area (Å²) in [6.07, 6.45) is 0.894. The molecule has 2 aromatic carbocycles. The van der Waals surface area contributed by atoms with E-state index in [-0.39, 0.29) is 11.5 Å². The fourth-order valence-electron chi connectivity index (χ4n) is 3.56. The highest BCUT2D eigenvalue weighted by Gasteiger charge is 2.21. The van der Waals surface area contributed by atoms with Crippen molar-refractivity contribution in [3.05, 3.63) is 75.8 Å². The number of likely N-dealkylation sites (N-methyl/N-ethyl adjacent to an activating group) is 1. The van der Waals surface area contributed by atoms with Crippen LogP contribution in [0.15, 0.2) is 53.3 Å². The lowest BCUT2D eigenvalue weighted by Gasteiger charge is -2.30. The number of carbonyl (C=O) groups is 1. The Hall–Kier alpha value is -2.99. The lowest BCUT2D eigenvalue weighted by atomic mass is 10.00. The zero-order valence-electron chi connectivity index (χ0n) is 15.3. The van der Waals surface area contributed by atoms with Crippen LogP contribution in [0.2, 0.25) is 0 Å². The van der Waals surface area contributed by atoms with Gasteiger partial charge in [-0.05, 0) is 36.7 Å². The maximum absolute atomic E-state index is 12.7. The molecule has 3 aromatic rings. The molecule has 138 valence electrons. The fourth-order valence-corrected chi connectivity index (χ4v) is 3.56. The van der Waals surface area contributed by atoms with Crippen LogP contribution in [-0.4, -0.2) is 45.8 Å². The number of hydrogen-bond donors (Lipinski definition) is 1. The van der Waals surface area contributed by atoms with E-state index in [9.17, 15) is 9.59 Å². The van der Waals surface area contributed by atoms with Crippen molar-refractivity contribution in [3.8, 4) is 0 Å². The van der Waals surface area contributed by atoms with E-state index < -0.39 is 0 Å². The molecule has 0 fully saturated rings. The predicted molar refractivity (Wildman–Crippen MR) is 104 cm³/mol. The second-order valence-electron chi connectivity index (χ2n) is 7.04. The second kappa shape index (κ2) is 7.32. The van der Waals surface area contributed by atoms with Gasteiger partial charge in [-0.2, -0.15) is 0 Å². The number of fused-ring (bicyclic) bond motifs is 2. The molecule has 0 saturated heterocycles. The standard InChI is InChI=1S/C21H22N4O2/c1-24(13-19-22-18-9-5-4-8-17(18)21(27)23-19)14-20(26)25-11-10-15-6-2-3-7-16(15)12-25/h2-9H,10-14H2,1H3,(H,22,23,27). The molecule has 1 aliphatic rings. The van der Waals surface area contributed by atoms with Crippen molar-refractivity contribution in [2.45, 2.75) is 19.5 Å². The Labute approximate surface area is 157 Å². The number of rotatable bonds is 4. The number of benzene rings is 2. The van der Waals surface area contributed by atoms with Crippen LogP contribution in [-0.2, 0) is 24.3 Å². The van der Waals surface area contributed by atoms with Gasteiger partial charge in [-0.3, -0.25) is 14.5 Å². The minimum absolute atomic E-state index is 0.0927. The first kappa shape index (κ1) is 17.4. The number of nitrogens with zero attached hydrogens (tertiary/aromatic N) is 3. The summed E-state index contributed by atoms with van der Waals surface area (Å²) in [5.41, 5.74) is 3.07. The topological polar surface area (TPSA) is 69.3 Å². The van der Waals surface area contributed by atoms with E-state index in [1.54, 1.807) is 6.07 Å². The summed E-state index contributed by atoms with van der Waals surface area (Å²) in [6.45, 7) is 2.11. The normalized spacial score (nSPS) is 13.8. The molecule has 1 aliphatic heterocycles. The van der Waals surface area contributed by atoms with Crippen LogP contribution in [0.4, 0.5) is 0 Å². The SMILES string of the molecule is CN(CC(=O)N1CCc2ccccc2C1)Cc1nc2ccccc2c(=O)[nH]1. The van der Waals surface area contributed by atoms with Crippen LogP contribution in [0.25, 0.3) is 10.9 Å². The van der Waals surface area contributed by atoms with Crippen LogP contribution in [0.1, 0.15) is 17.0 Å². The average Bonchev–Trinajstić information content (AvgIpc) is 2.67. The fraction of sp³-hybridized carbons (Fsp3) is 0.286. The highest BCUT2D eigenvalue weighted by atomic mass is 16.2. The van der Waals surface area contributed by atoms with Gasteiger partial charge in [-0.25, -0.2) is 4.98 Å².